The topological polar surface area (TPSA) is 75.4 Å². The van der Waals surface area contributed by atoms with E-state index in [4.69, 9.17) is 5.73 Å². The molecular formula is C17H21F4N3O2. The van der Waals surface area contributed by atoms with Crippen LogP contribution in [-0.4, -0.2) is 42.4 Å². The van der Waals surface area contributed by atoms with Crippen LogP contribution in [0.15, 0.2) is 18.2 Å². The number of rotatable bonds is 5. The number of benzene rings is 1. The molecule has 1 atom stereocenters. The van der Waals surface area contributed by atoms with E-state index in [1.807, 2.05) is 0 Å². The number of carbonyl (C=O) groups excluding carboxylic acids is 2. The number of nitrogens with zero attached hydrogens (tertiary/aromatic N) is 1. The molecule has 0 aliphatic carbocycles. The van der Waals surface area contributed by atoms with Crippen molar-refractivity contribution < 1.29 is 27.2 Å². The second kappa shape index (κ2) is 8.48. The Bertz CT molecular complexity index is 664. The van der Waals surface area contributed by atoms with Gasteiger partial charge in [-0.2, -0.15) is 13.2 Å². The predicted octanol–water partition coefficient (Wildman–Crippen LogP) is 2.30. The Morgan fingerprint density at radius 2 is 1.96 bits per heavy atom. The summed E-state index contributed by atoms with van der Waals surface area (Å²) < 4.78 is 52.2. The Hall–Kier alpha value is -2.16. The number of amides is 2. The molecule has 2 amide bonds. The van der Waals surface area contributed by atoms with E-state index < -0.39 is 23.5 Å². The van der Waals surface area contributed by atoms with E-state index in [1.54, 1.807) is 0 Å². The quantitative estimate of drug-likeness (QED) is 0.776. The molecule has 144 valence electrons. The van der Waals surface area contributed by atoms with Crippen molar-refractivity contribution in [1.29, 1.82) is 0 Å². The molecule has 0 aromatic heterocycles. The van der Waals surface area contributed by atoms with Crippen molar-refractivity contribution in [1.82, 2.24) is 10.2 Å². The van der Waals surface area contributed by atoms with E-state index in [2.05, 4.69) is 5.32 Å². The van der Waals surface area contributed by atoms with Gasteiger partial charge in [0.1, 0.15) is 5.82 Å². The van der Waals surface area contributed by atoms with Gasteiger partial charge in [-0.3, -0.25) is 9.59 Å². The van der Waals surface area contributed by atoms with Gasteiger partial charge in [0.15, 0.2) is 0 Å². The summed E-state index contributed by atoms with van der Waals surface area (Å²) in [4.78, 5) is 25.6. The van der Waals surface area contributed by atoms with E-state index >= 15 is 0 Å². The van der Waals surface area contributed by atoms with Gasteiger partial charge in [0, 0.05) is 37.7 Å². The first-order valence-corrected chi connectivity index (χ1v) is 8.38. The lowest BCUT2D eigenvalue weighted by Gasteiger charge is -2.36. The number of hydrogen-bond acceptors (Lipinski definition) is 3. The normalized spacial score (nSPS) is 17.9. The van der Waals surface area contributed by atoms with Crippen LogP contribution >= 0.6 is 0 Å². The summed E-state index contributed by atoms with van der Waals surface area (Å²) >= 11 is 0. The summed E-state index contributed by atoms with van der Waals surface area (Å²) in [7, 11) is 0. The van der Waals surface area contributed by atoms with Crippen LogP contribution in [0.3, 0.4) is 0 Å². The lowest BCUT2D eigenvalue weighted by atomic mass is 10.00. The fourth-order valence-electron chi connectivity index (χ4n) is 2.97. The van der Waals surface area contributed by atoms with Crippen molar-refractivity contribution >= 4 is 11.8 Å². The standard InChI is InChI=1S/C17H21F4N3O2/c18-13-8-11(7-12(9-13)17(19,20)21)16(26)24-6-2-1-3-14(24)10-23-15(25)4-5-22/h7-9,14H,1-6,10,22H2,(H,23,25). The molecule has 2 rings (SSSR count). The minimum absolute atomic E-state index is 0.152. The van der Waals surface area contributed by atoms with Crippen LogP contribution in [0.4, 0.5) is 17.6 Å². The maximum atomic E-state index is 13.6. The minimum Gasteiger partial charge on any atom is -0.354 e. The lowest BCUT2D eigenvalue weighted by Crippen LogP contribution is -2.49. The van der Waals surface area contributed by atoms with Gasteiger partial charge in [0.05, 0.1) is 5.56 Å². The van der Waals surface area contributed by atoms with Gasteiger partial charge >= 0.3 is 6.18 Å². The Labute approximate surface area is 148 Å². The highest BCUT2D eigenvalue weighted by Crippen LogP contribution is 2.31. The molecule has 26 heavy (non-hydrogen) atoms. The Kier molecular flexibility index (Phi) is 6.57. The summed E-state index contributed by atoms with van der Waals surface area (Å²) in [5.41, 5.74) is 3.75. The molecular weight excluding hydrogens is 354 g/mol. The molecule has 1 saturated heterocycles. The Balaban J connectivity index is 2.17. The average molecular weight is 375 g/mol. The summed E-state index contributed by atoms with van der Waals surface area (Å²) in [5, 5.41) is 2.67. The molecule has 1 aliphatic heterocycles. The number of carbonyl (C=O) groups is 2. The molecule has 0 saturated carbocycles. The zero-order valence-electron chi connectivity index (χ0n) is 14.1. The van der Waals surface area contributed by atoms with Crippen LogP contribution in [-0.2, 0) is 11.0 Å². The molecule has 0 bridgehead atoms. The monoisotopic (exact) mass is 375 g/mol. The minimum atomic E-state index is -4.74. The third-order valence-electron chi connectivity index (χ3n) is 4.27. The van der Waals surface area contributed by atoms with Crippen molar-refractivity contribution in [2.24, 2.45) is 5.73 Å². The maximum Gasteiger partial charge on any atom is 0.416 e. The van der Waals surface area contributed by atoms with Gasteiger partial charge in [0.25, 0.3) is 5.91 Å². The summed E-state index contributed by atoms with van der Waals surface area (Å²) in [6.07, 6.45) is -2.46. The van der Waals surface area contributed by atoms with Crippen LogP contribution in [0.2, 0.25) is 0 Å². The molecule has 9 heteroatoms. The molecule has 1 fully saturated rings. The maximum absolute atomic E-state index is 13.6. The van der Waals surface area contributed by atoms with Crippen LogP contribution in [0, 0.1) is 5.82 Å². The van der Waals surface area contributed by atoms with E-state index in [0.717, 1.165) is 12.5 Å². The zero-order chi connectivity index (χ0) is 19.3. The smallest absolute Gasteiger partial charge is 0.354 e. The van der Waals surface area contributed by atoms with Gasteiger partial charge in [-0.15, -0.1) is 0 Å². The molecule has 1 aromatic rings. The lowest BCUT2D eigenvalue weighted by molar-refractivity contribution is -0.137. The zero-order valence-corrected chi connectivity index (χ0v) is 14.1. The van der Waals surface area contributed by atoms with Crippen molar-refractivity contribution in [2.75, 3.05) is 19.6 Å². The number of nitrogens with two attached hydrogens (primary N) is 1. The molecule has 0 spiro atoms. The molecule has 1 heterocycles. The summed E-state index contributed by atoms with van der Waals surface area (Å²) in [5.74, 6) is -2.05. The molecule has 3 N–H and O–H groups in total. The summed E-state index contributed by atoms with van der Waals surface area (Å²) in [6.45, 7) is 0.725. The number of likely N-dealkylation sites (tertiary alicyclic amines) is 1. The van der Waals surface area contributed by atoms with Crippen molar-refractivity contribution in [3.63, 3.8) is 0 Å². The highest BCUT2D eigenvalue weighted by atomic mass is 19.4. The third kappa shape index (κ3) is 5.17. The van der Waals surface area contributed by atoms with Gasteiger partial charge in [-0.1, -0.05) is 0 Å². The molecule has 5 nitrogen and oxygen atoms in total. The second-order valence-electron chi connectivity index (χ2n) is 6.22. The van der Waals surface area contributed by atoms with Crippen LogP contribution in [0.1, 0.15) is 41.6 Å². The number of hydrogen-bond donors (Lipinski definition) is 2. The van der Waals surface area contributed by atoms with Crippen LogP contribution < -0.4 is 11.1 Å². The first-order chi connectivity index (χ1) is 12.2. The number of piperidine rings is 1. The molecule has 1 aliphatic rings. The first-order valence-electron chi connectivity index (χ1n) is 8.38. The van der Waals surface area contributed by atoms with Gasteiger partial charge in [-0.25, -0.2) is 4.39 Å². The van der Waals surface area contributed by atoms with E-state index in [9.17, 15) is 27.2 Å². The number of halogens is 4. The second-order valence-corrected chi connectivity index (χ2v) is 6.22. The molecule has 1 unspecified atom stereocenters. The predicted molar refractivity (Wildman–Crippen MR) is 86.8 cm³/mol. The highest BCUT2D eigenvalue weighted by Gasteiger charge is 2.34. The third-order valence-corrected chi connectivity index (χ3v) is 4.27. The van der Waals surface area contributed by atoms with Crippen molar-refractivity contribution in [3.05, 3.63) is 35.1 Å². The fraction of sp³-hybridized carbons (Fsp3) is 0.529. The van der Waals surface area contributed by atoms with E-state index in [1.165, 1.54) is 4.90 Å². The fourth-order valence-corrected chi connectivity index (χ4v) is 2.97. The van der Waals surface area contributed by atoms with E-state index in [0.29, 0.717) is 31.5 Å². The number of alkyl halides is 3. The summed E-state index contributed by atoms with van der Waals surface area (Å²) in [6, 6.07) is 1.47. The van der Waals surface area contributed by atoms with Crippen molar-refractivity contribution in [3.8, 4) is 0 Å². The molecule has 1 aromatic carbocycles. The van der Waals surface area contributed by atoms with Gasteiger partial charge in [0.2, 0.25) is 5.91 Å². The molecule has 0 radical (unpaired) electrons. The largest absolute Gasteiger partial charge is 0.416 e. The average Bonchev–Trinajstić information content (AvgIpc) is 2.58. The van der Waals surface area contributed by atoms with Gasteiger partial charge < -0.3 is 16.0 Å². The SMILES string of the molecule is NCCC(=O)NCC1CCCCN1C(=O)c1cc(F)cc(C(F)(F)F)c1. The highest BCUT2D eigenvalue weighted by molar-refractivity contribution is 5.94. The Morgan fingerprint density at radius 1 is 1.23 bits per heavy atom. The van der Waals surface area contributed by atoms with E-state index in [-0.39, 0.29) is 37.0 Å². The van der Waals surface area contributed by atoms with Crippen LogP contribution in [0.5, 0.6) is 0 Å². The van der Waals surface area contributed by atoms with Crippen LogP contribution in [0.25, 0.3) is 0 Å². The Morgan fingerprint density at radius 3 is 2.62 bits per heavy atom. The van der Waals surface area contributed by atoms with Gasteiger partial charge in [-0.05, 0) is 37.5 Å². The number of nitrogens with one attached hydrogen (secondary N) is 1. The first kappa shape index (κ1) is 20.2. The van der Waals surface area contributed by atoms with Crippen molar-refractivity contribution in [2.45, 2.75) is 37.9 Å².